The van der Waals surface area contributed by atoms with Crippen LogP contribution in [0, 0.1) is 0 Å². The monoisotopic (exact) mass is 174 g/mol. The summed E-state index contributed by atoms with van der Waals surface area (Å²) in [6.07, 6.45) is 1.80. The summed E-state index contributed by atoms with van der Waals surface area (Å²) in [5.41, 5.74) is 5.03. The zero-order valence-electron chi connectivity index (χ0n) is 6.79. The van der Waals surface area contributed by atoms with Gasteiger partial charge in [0.15, 0.2) is 0 Å². The minimum atomic E-state index is -1.02. The van der Waals surface area contributed by atoms with Crippen molar-refractivity contribution in [3.05, 3.63) is 0 Å². The molecular formula is C7H14N2O3. The molecule has 1 rings (SSSR count). The van der Waals surface area contributed by atoms with Crippen molar-refractivity contribution < 1.29 is 15.0 Å². The van der Waals surface area contributed by atoms with Gasteiger partial charge >= 0.3 is 5.97 Å². The summed E-state index contributed by atoms with van der Waals surface area (Å²) >= 11 is 0. The molecule has 5 N–H and O–H groups in total. The van der Waals surface area contributed by atoms with Gasteiger partial charge in [0.25, 0.3) is 0 Å². The van der Waals surface area contributed by atoms with Gasteiger partial charge in [-0.2, -0.15) is 0 Å². The Labute approximate surface area is 70.6 Å². The van der Waals surface area contributed by atoms with E-state index in [4.69, 9.17) is 15.9 Å². The van der Waals surface area contributed by atoms with E-state index in [1.54, 1.807) is 0 Å². The van der Waals surface area contributed by atoms with E-state index in [0.29, 0.717) is 0 Å². The van der Waals surface area contributed by atoms with E-state index in [1.807, 2.05) is 0 Å². The summed E-state index contributed by atoms with van der Waals surface area (Å²) in [5.74, 6) is -1.02. The Balaban J connectivity index is 2.21. The normalized spacial score (nSPS) is 21.8. The maximum atomic E-state index is 10.3. The Morgan fingerprint density at radius 1 is 1.67 bits per heavy atom. The Bertz CT molecular complexity index is 179. The van der Waals surface area contributed by atoms with Crippen molar-refractivity contribution in [2.45, 2.75) is 24.4 Å². The molecule has 5 nitrogen and oxygen atoms in total. The first kappa shape index (κ1) is 9.44. The lowest BCUT2D eigenvalue weighted by Gasteiger charge is -2.15. The summed E-state index contributed by atoms with van der Waals surface area (Å²) in [6, 6.07) is -0.881. The van der Waals surface area contributed by atoms with Gasteiger partial charge in [-0.3, -0.25) is 4.79 Å². The Morgan fingerprint density at radius 2 is 2.25 bits per heavy atom. The number of carboxylic acids is 1. The fourth-order valence-corrected chi connectivity index (χ4v) is 0.955. The Hall–Kier alpha value is -0.650. The third-order valence-corrected chi connectivity index (χ3v) is 2.17. The first-order valence-corrected chi connectivity index (χ1v) is 3.94. The highest BCUT2D eigenvalue weighted by atomic mass is 16.4. The van der Waals surface area contributed by atoms with Crippen molar-refractivity contribution in [2.24, 2.45) is 5.73 Å². The van der Waals surface area contributed by atoms with Crippen LogP contribution in [0.2, 0.25) is 0 Å². The van der Waals surface area contributed by atoms with Crippen LogP contribution in [0.3, 0.4) is 0 Å². The van der Waals surface area contributed by atoms with E-state index in [1.165, 1.54) is 0 Å². The molecule has 1 unspecified atom stereocenters. The van der Waals surface area contributed by atoms with Crippen LogP contribution >= 0.6 is 0 Å². The Kier molecular flexibility index (Phi) is 2.66. The highest BCUT2D eigenvalue weighted by Gasteiger charge is 2.41. The molecule has 1 aliphatic rings. The minimum Gasteiger partial charge on any atom is -0.480 e. The maximum absolute atomic E-state index is 10.3. The SMILES string of the molecule is NC(CNC1(CO)CC1)C(=O)O. The number of hydrogen-bond acceptors (Lipinski definition) is 4. The first-order chi connectivity index (χ1) is 5.59. The van der Waals surface area contributed by atoms with E-state index in [9.17, 15) is 4.79 Å². The second-order valence-corrected chi connectivity index (χ2v) is 3.26. The first-order valence-electron chi connectivity index (χ1n) is 3.94. The maximum Gasteiger partial charge on any atom is 0.321 e. The van der Waals surface area contributed by atoms with Gasteiger partial charge in [-0.15, -0.1) is 0 Å². The average Bonchev–Trinajstić information content (AvgIpc) is 2.81. The van der Waals surface area contributed by atoms with Crippen LogP contribution in [-0.2, 0) is 4.79 Å². The molecule has 70 valence electrons. The molecule has 0 amide bonds. The van der Waals surface area contributed by atoms with Crippen molar-refractivity contribution in [3.63, 3.8) is 0 Å². The highest BCUT2D eigenvalue weighted by molar-refractivity contribution is 5.73. The third kappa shape index (κ3) is 2.17. The fraction of sp³-hybridized carbons (Fsp3) is 0.857. The average molecular weight is 174 g/mol. The molecule has 1 saturated carbocycles. The lowest BCUT2D eigenvalue weighted by Crippen LogP contribution is -2.46. The van der Waals surface area contributed by atoms with E-state index in [0.717, 1.165) is 12.8 Å². The molecule has 0 saturated heterocycles. The molecule has 5 heteroatoms. The second kappa shape index (κ2) is 3.38. The van der Waals surface area contributed by atoms with Gasteiger partial charge in [-0.05, 0) is 12.8 Å². The number of carbonyl (C=O) groups is 1. The minimum absolute atomic E-state index is 0.0549. The van der Waals surface area contributed by atoms with Crippen LogP contribution in [0.4, 0.5) is 0 Å². The van der Waals surface area contributed by atoms with Crippen LogP contribution in [0.1, 0.15) is 12.8 Å². The van der Waals surface area contributed by atoms with Crippen LogP contribution in [0.25, 0.3) is 0 Å². The highest BCUT2D eigenvalue weighted by Crippen LogP contribution is 2.34. The lowest BCUT2D eigenvalue weighted by molar-refractivity contribution is -0.138. The summed E-state index contributed by atoms with van der Waals surface area (Å²) in [4.78, 5) is 10.3. The number of aliphatic hydroxyl groups is 1. The number of carboxylic acid groups (broad SMARTS) is 1. The number of aliphatic carboxylic acids is 1. The summed E-state index contributed by atoms with van der Waals surface area (Å²) in [7, 11) is 0. The fourth-order valence-electron chi connectivity index (χ4n) is 0.955. The molecule has 12 heavy (non-hydrogen) atoms. The van der Waals surface area contributed by atoms with Crippen molar-refractivity contribution in [2.75, 3.05) is 13.2 Å². The quantitative estimate of drug-likeness (QED) is 0.407. The third-order valence-electron chi connectivity index (χ3n) is 2.17. The predicted octanol–water partition coefficient (Wildman–Crippen LogP) is -1.49. The molecule has 0 aromatic heterocycles. The van der Waals surface area contributed by atoms with Crippen molar-refractivity contribution in [1.82, 2.24) is 5.32 Å². The smallest absolute Gasteiger partial charge is 0.321 e. The molecule has 0 aromatic carbocycles. The summed E-state index contributed by atoms with van der Waals surface area (Å²) < 4.78 is 0. The molecular weight excluding hydrogens is 160 g/mol. The zero-order valence-corrected chi connectivity index (χ0v) is 6.79. The molecule has 1 atom stereocenters. The molecule has 1 fully saturated rings. The number of hydrogen-bond donors (Lipinski definition) is 4. The van der Waals surface area contributed by atoms with Gasteiger partial charge in [0.1, 0.15) is 6.04 Å². The van der Waals surface area contributed by atoms with Gasteiger partial charge in [0.05, 0.1) is 6.61 Å². The number of aliphatic hydroxyl groups excluding tert-OH is 1. The van der Waals surface area contributed by atoms with Gasteiger partial charge in [0.2, 0.25) is 0 Å². The van der Waals surface area contributed by atoms with E-state index < -0.39 is 12.0 Å². The summed E-state index contributed by atoms with van der Waals surface area (Å²) in [5, 5.41) is 20.2. The molecule has 0 radical (unpaired) electrons. The van der Waals surface area contributed by atoms with Crippen LogP contribution in [0.15, 0.2) is 0 Å². The largest absolute Gasteiger partial charge is 0.480 e. The zero-order chi connectivity index (χ0) is 9.19. The number of rotatable bonds is 5. The van der Waals surface area contributed by atoms with Crippen LogP contribution in [-0.4, -0.2) is 40.9 Å². The number of nitrogens with one attached hydrogen (secondary N) is 1. The van der Waals surface area contributed by atoms with Gasteiger partial charge in [0, 0.05) is 12.1 Å². The number of nitrogens with two attached hydrogens (primary N) is 1. The van der Waals surface area contributed by atoms with Crippen LogP contribution in [0.5, 0.6) is 0 Å². The summed E-state index contributed by atoms with van der Waals surface area (Å²) in [6.45, 7) is 0.273. The van der Waals surface area contributed by atoms with E-state index in [-0.39, 0.29) is 18.7 Å². The molecule has 0 aromatic rings. The molecule has 0 bridgehead atoms. The van der Waals surface area contributed by atoms with Crippen molar-refractivity contribution >= 4 is 5.97 Å². The molecule has 0 heterocycles. The topological polar surface area (TPSA) is 95.6 Å². The standard InChI is InChI=1S/C7H14N2O3/c8-5(6(11)12)3-9-7(4-10)1-2-7/h5,9-10H,1-4,8H2,(H,11,12). The van der Waals surface area contributed by atoms with Gasteiger partial charge < -0.3 is 21.3 Å². The van der Waals surface area contributed by atoms with Gasteiger partial charge in [-0.1, -0.05) is 0 Å². The van der Waals surface area contributed by atoms with Crippen LogP contribution < -0.4 is 11.1 Å². The second-order valence-electron chi connectivity index (χ2n) is 3.26. The predicted molar refractivity (Wildman–Crippen MR) is 42.7 cm³/mol. The molecule has 1 aliphatic carbocycles. The van der Waals surface area contributed by atoms with E-state index in [2.05, 4.69) is 5.32 Å². The molecule has 0 aliphatic heterocycles. The van der Waals surface area contributed by atoms with Crippen molar-refractivity contribution in [1.29, 1.82) is 0 Å². The van der Waals surface area contributed by atoms with Gasteiger partial charge in [-0.25, -0.2) is 0 Å². The van der Waals surface area contributed by atoms with E-state index >= 15 is 0 Å². The molecule has 0 spiro atoms. The van der Waals surface area contributed by atoms with Crippen molar-refractivity contribution in [3.8, 4) is 0 Å². The lowest BCUT2D eigenvalue weighted by atomic mass is 10.2. The Morgan fingerprint density at radius 3 is 2.58 bits per heavy atom.